The summed E-state index contributed by atoms with van der Waals surface area (Å²) in [6, 6.07) is 16.1. The van der Waals surface area contributed by atoms with Crippen molar-refractivity contribution in [3.8, 4) is 6.07 Å². The van der Waals surface area contributed by atoms with E-state index in [1.165, 1.54) is 11.6 Å². The molecular weight excluding hydrogens is 352 g/mol. The summed E-state index contributed by atoms with van der Waals surface area (Å²) in [7, 11) is 0. The first-order valence-electron chi connectivity index (χ1n) is 9.25. The first-order valence-corrected chi connectivity index (χ1v) is 9.25. The van der Waals surface area contributed by atoms with Crippen LogP contribution in [-0.4, -0.2) is 18.5 Å². The Bertz CT molecular complexity index is 906. The molecule has 0 heterocycles. The molecule has 0 aliphatic carbocycles. The molecule has 28 heavy (non-hydrogen) atoms. The van der Waals surface area contributed by atoms with Gasteiger partial charge in [-0.25, -0.2) is 4.79 Å². The Morgan fingerprint density at radius 3 is 2.50 bits per heavy atom. The molecule has 0 bridgehead atoms. The van der Waals surface area contributed by atoms with Crippen molar-refractivity contribution in [2.75, 3.05) is 11.9 Å². The predicted molar refractivity (Wildman–Crippen MR) is 110 cm³/mol. The van der Waals surface area contributed by atoms with E-state index in [0.717, 1.165) is 12.0 Å². The number of hydrogen-bond acceptors (Lipinski definition) is 4. The van der Waals surface area contributed by atoms with Crippen molar-refractivity contribution in [2.45, 2.75) is 33.1 Å². The first kappa shape index (κ1) is 20.9. The number of nitrogens with one attached hydrogen (secondary N) is 1. The van der Waals surface area contributed by atoms with Crippen LogP contribution in [0.25, 0.3) is 6.08 Å². The monoisotopic (exact) mass is 376 g/mol. The molecular formula is C23H24N2O3. The van der Waals surface area contributed by atoms with E-state index < -0.39 is 11.9 Å². The van der Waals surface area contributed by atoms with Gasteiger partial charge in [0.2, 0.25) is 0 Å². The molecule has 0 spiro atoms. The number of amides is 1. The van der Waals surface area contributed by atoms with E-state index in [0.29, 0.717) is 23.8 Å². The van der Waals surface area contributed by atoms with E-state index in [4.69, 9.17) is 4.74 Å². The van der Waals surface area contributed by atoms with Crippen LogP contribution in [0.4, 0.5) is 5.69 Å². The van der Waals surface area contributed by atoms with Gasteiger partial charge in [-0.1, -0.05) is 51.1 Å². The lowest BCUT2D eigenvalue weighted by atomic mass is 10.0. The Balaban J connectivity index is 2.13. The number of benzene rings is 2. The summed E-state index contributed by atoms with van der Waals surface area (Å²) < 4.78 is 5.10. The second-order valence-corrected chi connectivity index (χ2v) is 6.66. The highest BCUT2D eigenvalue weighted by molar-refractivity contribution is 6.10. The molecule has 1 amide bonds. The van der Waals surface area contributed by atoms with E-state index in [2.05, 4.69) is 19.2 Å². The summed E-state index contributed by atoms with van der Waals surface area (Å²) in [6.07, 6.45) is 2.27. The SMILES string of the molecule is CCCOC(=O)c1cccc(NC(=O)C(C#N)=Cc2ccc(C(C)C)cc2)c1. The Morgan fingerprint density at radius 1 is 1.18 bits per heavy atom. The molecule has 0 atom stereocenters. The first-order chi connectivity index (χ1) is 13.4. The molecule has 0 radical (unpaired) electrons. The summed E-state index contributed by atoms with van der Waals surface area (Å²) in [5.41, 5.74) is 2.71. The second kappa shape index (κ2) is 10.1. The van der Waals surface area contributed by atoms with Crippen LogP contribution < -0.4 is 5.32 Å². The number of ether oxygens (including phenoxy) is 1. The summed E-state index contributed by atoms with van der Waals surface area (Å²) in [6.45, 7) is 6.46. The van der Waals surface area contributed by atoms with Crippen LogP contribution in [0.5, 0.6) is 0 Å². The lowest BCUT2D eigenvalue weighted by Crippen LogP contribution is -2.14. The lowest BCUT2D eigenvalue weighted by Gasteiger charge is -2.08. The van der Waals surface area contributed by atoms with Crippen molar-refractivity contribution in [1.29, 1.82) is 5.26 Å². The minimum absolute atomic E-state index is 0.0174. The van der Waals surface area contributed by atoms with E-state index in [-0.39, 0.29) is 5.57 Å². The molecule has 0 saturated heterocycles. The summed E-state index contributed by atoms with van der Waals surface area (Å²) in [4.78, 5) is 24.4. The van der Waals surface area contributed by atoms with Crippen molar-refractivity contribution in [2.24, 2.45) is 0 Å². The molecule has 2 rings (SSSR count). The Hall–Kier alpha value is -3.39. The van der Waals surface area contributed by atoms with Gasteiger partial charge in [-0.3, -0.25) is 4.79 Å². The lowest BCUT2D eigenvalue weighted by molar-refractivity contribution is -0.112. The predicted octanol–water partition coefficient (Wildman–Crippen LogP) is 4.92. The van der Waals surface area contributed by atoms with Crippen LogP contribution in [0.2, 0.25) is 0 Å². The summed E-state index contributed by atoms with van der Waals surface area (Å²) in [5, 5.41) is 12.0. The molecule has 0 unspecified atom stereocenters. The van der Waals surface area contributed by atoms with Gasteiger partial charge in [0.05, 0.1) is 12.2 Å². The van der Waals surface area contributed by atoms with Gasteiger partial charge in [0, 0.05) is 5.69 Å². The molecule has 0 aliphatic rings. The van der Waals surface area contributed by atoms with Crippen molar-refractivity contribution in [3.63, 3.8) is 0 Å². The smallest absolute Gasteiger partial charge is 0.338 e. The number of esters is 1. The van der Waals surface area contributed by atoms with Gasteiger partial charge in [0.15, 0.2) is 0 Å². The minimum atomic E-state index is -0.533. The maximum absolute atomic E-state index is 12.5. The van der Waals surface area contributed by atoms with Crippen molar-refractivity contribution < 1.29 is 14.3 Å². The average molecular weight is 376 g/mol. The van der Waals surface area contributed by atoms with Crippen LogP contribution >= 0.6 is 0 Å². The Labute approximate surface area is 165 Å². The third-order valence-electron chi connectivity index (χ3n) is 4.07. The molecule has 2 aromatic rings. The molecule has 0 fully saturated rings. The van der Waals surface area contributed by atoms with Gasteiger partial charge in [-0.2, -0.15) is 5.26 Å². The second-order valence-electron chi connectivity index (χ2n) is 6.66. The third-order valence-corrected chi connectivity index (χ3v) is 4.07. The number of anilines is 1. The van der Waals surface area contributed by atoms with Gasteiger partial charge in [-0.05, 0) is 47.7 Å². The fourth-order valence-corrected chi connectivity index (χ4v) is 2.49. The van der Waals surface area contributed by atoms with Crippen LogP contribution in [0.15, 0.2) is 54.1 Å². The normalized spacial score (nSPS) is 11.0. The number of nitriles is 1. The van der Waals surface area contributed by atoms with Gasteiger partial charge >= 0.3 is 5.97 Å². The molecule has 1 N–H and O–H groups in total. The maximum Gasteiger partial charge on any atom is 0.338 e. The van der Waals surface area contributed by atoms with Gasteiger partial charge in [0.25, 0.3) is 5.91 Å². The highest BCUT2D eigenvalue weighted by atomic mass is 16.5. The Kier molecular flexibility index (Phi) is 7.53. The van der Waals surface area contributed by atoms with Crippen LogP contribution in [-0.2, 0) is 9.53 Å². The van der Waals surface area contributed by atoms with Crippen molar-refractivity contribution in [1.82, 2.24) is 0 Å². The van der Waals surface area contributed by atoms with E-state index in [9.17, 15) is 14.9 Å². The zero-order valence-corrected chi connectivity index (χ0v) is 16.4. The zero-order valence-electron chi connectivity index (χ0n) is 16.4. The zero-order chi connectivity index (χ0) is 20.5. The number of carbonyl (C=O) groups is 2. The fourth-order valence-electron chi connectivity index (χ4n) is 2.49. The van der Waals surface area contributed by atoms with Crippen LogP contribution in [0, 0.1) is 11.3 Å². The summed E-state index contributed by atoms with van der Waals surface area (Å²) >= 11 is 0. The van der Waals surface area contributed by atoms with Gasteiger partial charge in [-0.15, -0.1) is 0 Å². The molecule has 0 saturated carbocycles. The van der Waals surface area contributed by atoms with E-state index in [1.54, 1.807) is 24.3 Å². The van der Waals surface area contributed by atoms with Crippen LogP contribution in [0.3, 0.4) is 0 Å². The molecule has 2 aromatic carbocycles. The molecule has 0 aromatic heterocycles. The topological polar surface area (TPSA) is 79.2 Å². The standard InChI is InChI=1S/C23H24N2O3/c1-4-12-28-23(27)19-6-5-7-21(14-19)25-22(26)20(15-24)13-17-8-10-18(11-9-17)16(2)3/h5-11,13-14,16H,4,12H2,1-3H3,(H,25,26). The molecule has 0 aliphatic heterocycles. The number of rotatable bonds is 7. The number of nitrogens with zero attached hydrogens (tertiary/aromatic N) is 1. The third kappa shape index (κ3) is 5.82. The van der Waals surface area contributed by atoms with E-state index in [1.807, 2.05) is 37.3 Å². The Morgan fingerprint density at radius 2 is 1.89 bits per heavy atom. The summed E-state index contributed by atoms with van der Waals surface area (Å²) in [5.74, 6) is -0.568. The fraction of sp³-hybridized carbons (Fsp3) is 0.261. The van der Waals surface area contributed by atoms with E-state index >= 15 is 0 Å². The minimum Gasteiger partial charge on any atom is -0.462 e. The molecule has 5 nitrogen and oxygen atoms in total. The largest absolute Gasteiger partial charge is 0.462 e. The quantitative estimate of drug-likeness (QED) is 0.422. The average Bonchev–Trinajstić information content (AvgIpc) is 2.70. The van der Waals surface area contributed by atoms with Gasteiger partial charge in [0.1, 0.15) is 11.6 Å². The highest BCUT2D eigenvalue weighted by Gasteiger charge is 2.12. The molecule has 5 heteroatoms. The highest BCUT2D eigenvalue weighted by Crippen LogP contribution is 2.17. The van der Waals surface area contributed by atoms with Crippen LogP contribution in [0.1, 0.15) is 54.6 Å². The van der Waals surface area contributed by atoms with Gasteiger partial charge < -0.3 is 10.1 Å². The maximum atomic E-state index is 12.5. The molecule has 144 valence electrons. The van der Waals surface area contributed by atoms with Crippen molar-refractivity contribution in [3.05, 3.63) is 70.8 Å². The number of carbonyl (C=O) groups excluding carboxylic acids is 2. The number of hydrogen-bond donors (Lipinski definition) is 1. The van der Waals surface area contributed by atoms with Crippen molar-refractivity contribution >= 4 is 23.6 Å².